The molecule has 0 aromatic heterocycles. The predicted molar refractivity (Wildman–Crippen MR) is 93.1 cm³/mol. The average Bonchev–Trinajstić information content (AvgIpc) is 2.56. The number of halogens is 1. The average molecular weight is 374 g/mol. The van der Waals surface area contributed by atoms with Gasteiger partial charge in [-0.25, -0.2) is 5.84 Å². The molecule has 118 valence electrons. The molecule has 0 saturated heterocycles. The van der Waals surface area contributed by atoms with Crippen LogP contribution in [0, 0.1) is 6.92 Å². The van der Waals surface area contributed by atoms with Crippen molar-refractivity contribution in [2.45, 2.75) is 6.92 Å². The number of benzene rings is 2. The van der Waals surface area contributed by atoms with E-state index in [-0.39, 0.29) is 11.6 Å². The third-order valence-electron chi connectivity index (χ3n) is 3.12. The lowest BCUT2D eigenvalue weighted by molar-refractivity contribution is -0.117. The van der Waals surface area contributed by atoms with E-state index in [4.69, 9.17) is 5.84 Å². The maximum absolute atomic E-state index is 12.3. The van der Waals surface area contributed by atoms with Gasteiger partial charge >= 0.3 is 0 Å². The number of hydrogen-bond donors (Lipinski definition) is 3. The van der Waals surface area contributed by atoms with Crippen molar-refractivity contribution in [2.75, 3.05) is 0 Å². The van der Waals surface area contributed by atoms with E-state index in [1.165, 1.54) is 0 Å². The van der Waals surface area contributed by atoms with Gasteiger partial charge in [0.1, 0.15) is 5.70 Å². The van der Waals surface area contributed by atoms with Gasteiger partial charge in [0.15, 0.2) is 0 Å². The van der Waals surface area contributed by atoms with Crippen LogP contribution in [0.1, 0.15) is 21.5 Å². The molecule has 0 unspecified atom stereocenters. The summed E-state index contributed by atoms with van der Waals surface area (Å²) in [7, 11) is 0. The van der Waals surface area contributed by atoms with Crippen molar-refractivity contribution in [3.8, 4) is 0 Å². The van der Waals surface area contributed by atoms with Crippen LogP contribution in [0.15, 0.2) is 58.7 Å². The second kappa shape index (κ2) is 7.71. The number of carbonyl (C=O) groups is 2. The SMILES string of the molecule is Cc1ccc(C(=O)NC(=Cc2ccc(Br)cc2)C(=O)NN)cc1. The molecular formula is C17H16BrN3O2. The fourth-order valence-electron chi connectivity index (χ4n) is 1.86. The highest BCUT2D eigenvalue weighted by molar-refractivity contribution is 9.10. The zero-order valence-electron chi connectivity index (χ0n) is 12.5. The van der Waals surface area contributed by atoms with Crippen molar-refractivity contribution in [1.29, 1.82) is 0 Å². The van der Waals surface area contributed by atoms with Crippen molar-refractivity contribution in [2.24, 2.45) is 5.84 Å². The van der Waals surface area contributed by atoms with Crippen LogP contribution < -0.4 is 16.6 Å². The highest BCUT2D eigenvalue weighted by Gasteiger charge is 2.13. The molecule has 23 heavy (non-hydrogen) atoms. The Bertz CT molecular complexity index is 737. The Morgan fingerprint density at radius 2 is 1.65 bits per heavy atom. The van der Waals surface area contributed by atoms with E-state index in [1.54, 1.807) is 18.2 Å². The molecule has 2 amide bonds. The number of nitrogens with two attached hydrogens (primary N) is 1. The van der Waals surface area contributed by atoms with Crippen LogP contribution in [0.3, 0.4) is 0 Å². The Labute approximate surface area is 142 Å². The first-order valence-corrected chi connectivity index (χ1v) is 7.65. The topological polar surface area (TPSA) is 84.2 Å². The Kier molecular flexibility index (Phi) is 5.67. The molecule has 2 aromatic carbocycles. The molecule has 0 atom stereocenters. The number of rotatable bonds is 4. The van der Waals surface area contributed by atoms with Crippen molar-refractivity contribution in [3.05, 3.63) is 75.4 Å². The normalized spacial score (nSPS) is 11.0. The summed E-state index contributed by atoms with van der Waals surface area (Å²) in [5.74, 6) is 4.23. The van der Waals surface area contributed by atoms with Crippen molar-refractivity contribution >= 4 is 33.8 Å². The van der Waals surface area contributed by atoms with Gasteiger partial charge in [-0.1, -0.05) is 45.8 Å². The molecule has 4 N–H and O–H groups in total. The first-order chi connectivity index (χ1) is 11.0. The third kappa shape index (κ3) is 4.77. The Hall–Kier alpha value is -2.44. The Balaban J connectivity index is 2.25. The van der Waals surface area contributed by atoms with Gasteiger partial charge in [0.25, 0.3) is 11.8 Å². The van der Waals surface area contributed by atoms with Crippen LogP contribution in [0.2, 0.25) is 0 Å². The number of nitrogens with one attached hydrogen (secondary N) is 2. The van der Waals surface area contributed by atoms with Gasteiger partial charge in [-0.3, -0.25) is 15.0 Å². The molecule has 2 rings (SSSR count). The van der Waals surface area contributed by atoms with E-state index < -0.39 is 5.91 Å². The molecule has 0 spiro atoms. The number of carbonyl (C=O) groups excluding carboxylic acids is 2. The van der Waals surface area contributed by atoms with Crippen molar-refractivity contribution in [3.63, 3.8) is 0 Å². The molecular weight excluding hydrogens is 358 g/mol. The first kappa shape index (κ1) is 16.9. The van der Waals surface area contributed by atoms with Crippen LogP contribution in [0.5, 0.6) is 0 Å². The number of hydrazine groups is 1. The van der Waals surface area contributed by atoms with Gasteiger partial charge in [0.05, 0.1) is 0 Å². The van der Waals surface area contributed by atoms with E-state index >= 15 is 0 Å². The van der Waals surface area contributed by atoms with Gasteiger partial charge in [-0.05, 0) is 42.8 Å². The summed E-state index contributed by atoms with van der Waals surface area (Å²) in [6.07, 6.45) is 1.56. The van der Waals surface area contributed by atoms with E-state index in [0.717, 1.165) is 15.6 Å². The molecule has 0 saturated carbocycles. The van der Waals surface area contributed by atoms with E-state index in [1.807, 2.05) is 48.7 Å². The Morgan fingerprint density at radius 3 is 2.22 bits per heavy atom. The summed E-state index contributed by atoms with van der Waals surface area (Å²) < 4.78 is 0.920. The summed E-state index contributed by atoms with van der Waals surface area (Å²) in [6, 6.07) is 14.4. The molecule has 5 nitrogen and oxygen atoms in total. The lowest BCUT2D eigenvalue weighted by Gasteiger charge is -2.09. The largest absolute Gasteiger partial charge is 0.317 e. The molecule has 0 heterocycles. The molecule has 0 aliphatic carbocycles. The van der Waals surface area contributed by atoms with E-state index in [0.29, 0.717) is 5.56 Å². The molecule has 0 bridgehead atoms. The zero-order chi connectivity index (χ0) is 16.8. The smallest absolute Gasteiger partial charge is 0.281 e. The van der Waals surface area contributed by atoms with Gasteiger partial charge in [-0.2, -0.15) is 0 Å². The van der Waals surface area contributed by atoms with Crippen molar-refractivity contribution < 1.29 is 9.59 Å². The molecule has 0 aliphatic heterocycles. The summed E-state index contributed by atoms with van der Waals surface area (Å²) in [6.45, 7) is 1.93. The molecule has 2 aromatic rings. The fourth-order valence-corrected chi connectivity index (χ4v) is 2.13. The van der Waals surface area contributed by atoms with E-state index in [9.17, 15) is 9.59 Å². The maximum Gasteiger partial charge on any atom is 0.281 e. The zero-order valence-corrected chi connectivity index (χ0v) is 14.1. The minimum Gasteiger partial charge on any atom is -0.317 e. The Morgan fingerprint density at radius 1 is 1.04 bits per heavy atom. The standard InChI is InChI=1S/C17H16BrN3O2/c1-11-2-6-13(7-3-11)16(22)20-15(17(23)21-19)10-12-4-8-14(18)9-5-12/h2-10H,19H2,1H3,(H,20,22)(H,21,23). The monoisotopic (exact) mass is 373 g/mol. The summed E-state index contributed by atoms with van der Waals surface area (Å²) in [4.78, 5) is 24.1. The number of hydrogen-bond acceptors (Lipinski definition) is 3. The minimum absolute atomic E-state index is 0.0698. The van der Waals surface area contributed by atoms with Crippen LogP contribution in [-0.2, 0) is 4.79 Å². The maximum atomic E-state index is 12.3. The summed E-state index contributed by atoms with van der Waals surface area (Å²) >= 11 is 3.34. The number of aryl methyl sites for hydroxylation is 1. The highest BCUT2D eigenvalue weighted by Crippen LogP contribution is 2.13. The molecule has 6 heteroatoms. The second-order valence-corrected chi connectivity index (χ2v) is 5.82. The molecule has 0 aliphatic rings. The highest BCUT2D eigenvalue weighted by atomic mass is 79.9. The lowest BCUT2D eigenvalue weighted by atomic mass is 10.1. The second-order valence-electron chi connectivity index (χ2n) is 4.90. The molecule has 0 fully saturated rings. The van der Waals surface area contributed by atoms with Gasteiger partial charge in [0.2, 0.25) is 0 Å². The lowest BCUT2D eigenvalue weighted by Crippen LogP contribution is -2.38. The van der Waals surface area contributed by atoms with Crippen LogP contribution in [0.25, 0.3) is 6.08 Å². The first-order valence-electron chi connectivity index (χ1n) is 6.86. The van der Waals surface area contributed by atoms with Gasteiger partial charge < -0.3 is 5.32 Å². The summed E-state index contributed by atoms with van der Waals surface area (Å²) in [5, 5.41) is 2.58. The molecule has 0 radical (unpaired) electrons. The van der Waals surface area contributed by atoms with Crippen molar-refractivity contribution in [1.82, 2.24) is 10.7 Å². The van der Waals surface area contributed by atoms with Crippen LogP contribution in [0.4, 0.5) is 0 Å². The fraction of sp³-hybridized carbons (Fsp3) is 0.0588. The van der Waals surface area contributed by atoms with Crippen LogP contribution >= 0.6 is 15.9 Å². The summed E-state index contributed by atoms with van der Waals surface area (Å²) in [5.41, 5.74) is 4.37. The predicted octanol–water partition coefficient (Wildman–Crippen LogP) is 2.52. The van der Waals surface area contributed by atoms with Gasteiger partial charge in [-0.15, -0.1) is 0 Å². The number of amides is 2. The van der Waals surface area contributed by atoms with E-state index in [2.05, 4.69) is 21.2 Å². The third-order valence-corrected chi connectivity index (χ3v) is 3.65. The van der Waals surface area contributed by atoms with Crippen LogP contribution in [-0.4, -0.2) is 11.8 Å². The minimum atomic E-state index is -0.576. The quantitative estimate of drug-likeness (QED) is 0.333. The van der Waals surface area contributed by atoms with Gasteiger partial charge in [0, 0.05) is 10.0 Å².